The van der Waals surface area contributed by atoms with Crippen LogP contribution < -0.4 is 20.3 Å². The summed E-state index contributed by atoms with van der Waals surface area (Å²) in [4.78, 5) is 44.2. The van der Waals surface area contributed by atoms with Gasteiger partial charge in [0.05, 0.1) is 18.5 Å². The third kappa shape index (κ3) is 5.12. The van der Waals surface area contributed by atoms with Crippen molar-refractivity contribution < 1.29 is 19.1 Å². The van der Waals surface area contributed by atoms with Crippen molar-refractivity contribution in [1.29, 1.82) is 0 Å². The summed E-state index contributed by atoms with van der Waals surface area (Å²) in [5.41, 5.74) is 2.54. The monoisotopic (exact) mass is 564 g/mol. The summed E-state index contributed by atoms with van der Waals surface area (Å²) >= 11 is 13.5. The molecule has 0 fully saturated rings. The van der Waals surface area contributed by atoms with Gasteiger partial charge in [-0.05, 0) is 42.5 Å². The summed E-state index contributed by atoms with van der Waals surface area (Å²) in [6, 6.07) is 20.2. The van der Waals surface area contributed by atoms with Gasteiger partial charge in [-0.15, -0.1) is 11.3 Å². The molecule has 5 rings (SSSR count). The van der Waals surface area contributed by atoms with E-state index in [0.717, 1.165) is 10.5 Å². The molecule has 3 aromatic carbocycles. The van der Waals surface area contributed by atoms with Crippen LogP contribution >= 0.6 is 34.5 Å². The number of amides is 3. The minimum Gasteiger partial charge on any atom is -0.497 e. The van der Waals surface area contributed by atoms with Gasteiger partial charge >= 0.3 is 0 Å². The molecule has 0 atom stereocenters. The summed E-state index contributed by atoms with van der Waals surface area (Å²) < 4.78 is 5.18. The van der Waals surface area contributed by atoms with Crippen molar-refractivity contribution in [3.63, 3.8) is 0 Å². The third-order valence-corrected chi connectivity index (χ3v) is 6.96. The van der Waals surface area contributed by atoms with E-state index in [2.05, 4.69) is 15.6 Å². The van der Waals surface area contributed by atoms with Gasteiger partial charge in [-0.1, -0.05) is 47.5 Å². The number of methoxy groups -OCH3 is 1. The molecule has 1 aliphatic heterocycles. The van der Waals surface area contributed by atoms with Crippen molar-refractivity contribution in [2.45, 2.75) is 0 Å². The Balaban J connectivity index is 1.31. The number of aromatic nitrogens is 1. The maximum Gasteiger partial charge on any atom is 0.283 e. The van der Waals surface area contributed by atoms with E-state index in [1.54, 1.807) is 60.7 Å². The fourth-order valence-corrected chi connectivity index (χ4v) is 4.78. The van der Waals surface area contributed by atoms with Gasteiger partial charge in [-0.25, -0.2) is 9.88 Å². The fraction of sp³-hybridized carbons (Fsp3) is 0.0370. The van der Waals surface area contributed by atoms with Crippen LogP contribution in [0, 0.1) is 0 Å². The zero-order valence-electron chi connectivity index (χ0n) is 19.7. The minimum atomic E-state index is -0.665. The largest absolute Gasteiger partial charge is 0.497 e. The van der Waals surface area contributed by atoms with Crippen LogP contribution in [-0.4, -0.2) is 29.8 Å². The molecule has 0 radical (unpaired) electrons. The smallest absolute Gasteiger partial charge is 0.283 e. The van der Waals surface area contributed by atoms with E-state index in [9.17, 15) is 14.4 Å². The lowest BCUT2D eigenvalue weighted by Crippen LogP contribution is -2.32. The topological polar surface area (TPSA) is 101 Å². The third-order valence-electron chi connectivity index (χ3n) is 5.60. The van der Waals surface area contributed by atoms with Crippen LogP contribution in [0.5, 0.6) is 5.75 Å². The molecule has 2 heterocycles. The summed E-state index contributed by atoms with van der Waals surface area (Å²) in [5, 5.41) is 8.30. The van der Waals surface area contributed by atoms with Crippen molar-refractivity contribution >= 4 is 68.8 Å². The highest BCUT2D eigenvalue weighted by Crippen LogP contribution is 2.32. The van der Waals surface area contributed by atoms with Gasteiger partial charge < -0.3 is 10.1 Å². The molecule has 190 valence electrons. The Labute approximate surface area is 231 Å². The number of anilines is 3. The maximum atomic E-state index is 13.1. The molecule has 8 nitrogen and oxygen atoms in total. The molecule has 1 aliphatic rings. The molecular weight excluding hydrogens is 547 g/mol. The Hall–Kier alpha value is -4.18. The molecule has 3 amide bonds. The van der Waals surface area contributed by atoms with Crippen molar-refractivity contribution in [2.24, 2.45) is 0 Å². The summed E-state index contributed by atoms with van der Waals surface area (Å²) in [6.45, 7) is 0. The number of imide groups is 1. The highest BCUT2D eigenvalue weighted by atomic mass is 35.5. The number of rotatable bonds is 7. The van der Waals surface area contributed by atoms with Gasteiger partial charge in [-0.2, -0.15) is 0 Å². The van der Waals surface area contributed by atoms with Crippen molar-refractivity contribution in [3.05, 3.63) is 99.5 Å². The highest BCUT2D eigenvalue weighted by molar-refractivity contribution is 7.14. The van der Waals surface area contributed by atoms with E-state index >= 15 is 0 Å². The van der Waals surface area contributed by atoms with Crippen molar-refractivity contribution in [3.8, 4) is 17.0 Å². The van der Waals surface area contributed by atoms with Gasteiger partial charge in [0.1, 0.15) is 16.5 Å². The second-order valence-electron chi connectivity index (χ2n) is 8.04. The maximum absolute atomic E-state index is 13.1. The second kappa shape index (κ2) is 10.7. The molecule has 38 heavy (non-hydrogen) atoms. The molecule has 2 N–H and O–H groups in total. The average molecular weight is 565 g/mol. The fourth-order valence-electron chi connectivity index (χ4n) is 3.73. The first kappa shape index (κ1) is 25.5. The number of ether oxygens (including phenoxy) is 1. The molecule has 0 saturated carbocycles. The van der Waals surface area contributed by atoms with Gasteiger partial charge in [0, 0.05) is 33.3 Å². The first-order valence-corrected chi connectivity index (χ1v) is 12.8. The number of nitrogens with zero attached hydrogens (tertiary/aromatic N) is 2. The highest BCUT2D eigenvalue weighted by Gasteiger charge is 2.39. The van der Waals surface area contributed by atoms with Gasteiger partial charge in [0.15, 0.2) is 5.13 Å². The molecule has 1 aromatic heterocycles. The normalized spacial score (nSPS) is 13.2. The molecule has 0 unspecified atom stereocenters. The van der Waals surface area contributed by atoms with Gasteiger partial charge in [0.2, 0.25) is 0 Å². The Bertz CT molecular complexity index is 1600. The van der Waals surface area contributed by atoms with Crippen LogP contribution in [0.25, 0.3) is 11.3 Å². The van der Waals surface area contributed by atoms with Crippen molar-refractivity contribution in [1.82, 2.24) is 4.98 Å². The van der Waals surface area contributed by atoms with E-state index in [1.165, 1.54) is 18.4 Å². The molecule has 0 spiro atoms. The number of carbonyl (C=O) groups is 3. The molecular formula is C27H18Cl2N4O4S. The molecule has 4 aromatic rings. The number of hydrogen-bond acceptors (Lipinski definition) is 7. The summed E-state index contributed by atoms with van der Waals surface area (Å²) in [5.74, 6) is -1.19. The van der Waals surface area contributed by atoms with Crippen LogP contribution in [-0.2, 0) is 9.59 Å². The lowest BCUT2D eigenvalue weighted by Gasteiger charge is -2.16. The summed E-state index contributed by atoms with van der Waals surface area (Å²) in [6.07, 6.45) is 0. The predicted octanol–water partition coefficient (Wildman–Crippen LogP) is 6.16. The van der Waals surface area contributed by atoms with Crippen LogP contribution in [0.4, 0.5) is 16.5 Å². The predicted molar refractivity (Wildman–Crippen MR) is 149 cm³/mol. The molecule has 0 saturated heterocycles. The second-order valence-corrected chi connectivity index (χ2v) is 9.71. The van der Waals surface area contributed by atoms with Crippen LogP contribution in [0.15, 0.2) is 88.9 Å². The Morgan fingerprint density at radius 1 is 0.974 bits per heavy atom. The molecule has 0 aliphatic carbocycles. The van der Waals surface area contributed by atoms with E-state index in [0.29, 0.717) is 38.5 Å². The van der Waals surface area contributed by atoms with Crippen LogP contribution in [0.1, 0.15) is 10.4 Å². The number of carbonyl (C=O) groups excluding carboxylic acids is 3. The Morgan fingerprint density at radius 2 is 1.74 bits per heavy atom. The Kier molecular flexibility index (Phi) is 7.15. The molecule has 11 heteroatoms. The number of nitrogens with one attached hydrogen (secondary N) is 2. The zero-order chi connectivity index (χ0) is 26.8. The molecule has 0 bridgehead atoms. The van der Waals surface area contributed by atoms with Gasteiger partial charge in [0.25, 0.3) is 17.7 Å². The standard InChI is InChI=1S/C27H18Cl2N4O4S/c1-37-20-7-3-6-19(13-20)33-25(35)22(29)23(26(33)36)30-18-5-2-4-16(12-18)24(34)32-27-31-21(14-38-27)15-8-10-17(28)11-9-15/h2-14,30H,1H3,(H,31,32,34). The lowest BCUT2D eigenvalue weighted by atomic mass is 10.2. The van der Waals surface area contributed by atoms with Crippen LogP contribution in [0.2, 0.25) is 5.02 Å². The first-order chi connectivity index (χ1) is 18.3. The van der Waals surface area contributed by atoms with Gasteiger partial charge in [-0.3, -0.25) is 19.7 Å². The SMILES string of the molecule is COc1cccc(N2C(=O)C(Cl)=C(Nc3cccc(C(=O)Nc4nc(-c5ccc(Cl)cc5)cs4)c3)C2=O)c1. The van der Waals surface area contributed by atoms with Crippen LogP contribution in [0.3, 0.4) is 0 Å². The van der Waals surface area contributed by atoms with E-state index in [-0.39, 0.29) is 10.7 Å². The number of halogens is 2. The zero-order valence-corrected chi connectivity index (χ0v) is 22.0. The number of thiazole rings is 1. The average Bonchev–Trinajstić information content (AvgIpc) is 3.47. The first-order valence-electron chi connectivity index (χ1n) is 11.2. The number of benzene rings is 3. The summed E-state index contributed by atoms with van der Waals surface area (Å²) in [7, 11) is 1.49. The van der Waals surface area contributed by atoms with E-state index in [1.807, 2.05) is 17.5 Å². The van der Waals surface area contributed by atoms with E-state index < -0.39 is 17.7 Å². The van der Waals surface area contributed by atoms with E-state index in [4.69, 9.17) is 27.9 Å². The number of hydrogen-bond donors (Lipinski definition) is 2. The lowest BCUT2D eigenvalue weighted by molar-refractivity contribution is -0.120. The minimum absolute atomic E-state index is 0.0930. The van der Waals surface area contributed by atoms with Crippen molar-refractivity contribution in [2.75, 3.05) is 22.6 Å². The Morgan fingerprint density at radius 3 is 2.50 bits per heavy atom. The quantitative estimate of drug-likeness (QED) is 0.261.